The van der Waals surface area contributed by atoms with Crippen LogP contribution in [0.25, 0.3) is 0 Å². The molecule has 1 saturated carbocycles. The van der Waals surface area contributed by atoms with E-state index in [0.29, 0.717) is 12.5 Å². The summed E-state index contributed by atoms with van der Waals surface area (Å²) < 4.78 is 0. The number of nitrogens with zero attached hydrogens (tertiary/aromatic N) is 3. The third-order valence-electron chi connectivity index (χ3n) is 2.95. The third-order valence-corrected chi connectivity index (χ3v) is 3.73. The van der Waals surface area contributed by atoms with Gasteiger partial charge in [-0.3, -0.25) is 0 Å². The van der Waals surface area contributed by atoms with E-state index in [1.165, 1.54) is 12.8 Å². The fraction of sp³-hybridized carbons (Fsp3) is 0.462. The van der Waals surface area contributed by atoms with Crippen LogP contribution in [-0.4, -0.2) is 21.5 Å². The first-order valence-electron chi connectivity index (χ1n) is 6.60. The highest BCUT2D eigenvalue weighted by molar-refractivity contribution is 7.09. The Kier molecular flexibility index (Phi) is 3.59. The average molecular weight is 275 g/mol. The molecule has 0 saturated heterocycles. The van der Waals surface area contributed by atoms with Gasteiger partial charge in [-0.05, 0) is 19.8 Å². The summed E-state index contributed by atoms with van der Waals surface area (Å²) in [7, 11) is 0. The standard InChI is InChI=1S/C13H17N5S/c1-2-14-10-7-11(16-8-12-15-5-6-19-12)18-13(17-10)9-3-4-9/h5-7,9H,2-4,8H2,1H3,(H2,14,16,17,18). The van der Waals surface area contributed by atoms with E-state index in [4.69, 9.17) is 0 Å². The van der Waals surface area contributed by atoms with E-state index >= 15 is 0 Å². The molecule has 0 amide bonds. The number of nitrogens with one attached hydrogen (secondary N) is 2. The van der Waals surface area contributed by atoms with Crippen molar-refractivity contribution >= 4 is 23.0 Å². The Morgan fingerprint density at radius 1 is 1.26 bits per heavy atom. The van der Waals surface area contributed by atoms with Crippen molar-refractivity contribution in [2.75, 3.05) is 17.2 Å². The van der Waals surface area contributed by atoms with Crippen molar-refractivity contribution in [3.8, 4) is 0 Å². The molecule has 0 spiro atoms. The van der Waals surface area contributed by atoms with Crippen molar-refractivity contribution < 1.29 is 0 Å². The van der Waals surface area contributed by atoms with Crippen molar-refractivity contribution in [1.29, 1.82) is 0 Å². The molecule has 100 valence electrons. The van der Waals surface area contributed by atoms with Crippen LogP contribution in [0.15, 0.2) is 17.6 Å². The first kappa shape index (κ1) is 12.3. The number of hydrogen-bond acceptors (Lipinski definition) is 6. The van der Waals surface area contributed by atoms with Crippen molar-refractivity contribution in [3.05, 3.63) is 28.5 Å². The summed E-state index contributed by atoms with van der Waals surface area (Å²) in [6.45, 7) is 3.65. The maximum absolute atomic E-state index is 4.59. The molecule has 2 heterocycles. The predicted octanol–water partition coefficient (Wildman–Crippen LogP) is 2.85. The van der Waals surface area contributed by atoms with E-state index in [1.54, 1.807) is 11.3 Å². The molecule has 1 fully saturated rings. The van der Waals surface area contributed by atoms with Crippen molar-refractivity contribution in [3.63, 3.8) is 0 Å². The number of thiazole rings is 1. The van der Waals surface area contributed by atoms with Gasteiger partial charge >= 0.3 is 0 Å². The molecule has 1 aliphatic rings. The molecule has 0 radical (unpaired) electrons. The van der Waals surface area contributed by atoms with Crippen molar-refractivity contribution in [2.45, 2.75) is 32.2 Å². The second-order valence-electron chi connectivity index (χ2n) is 4.58. The number of rotatable bonds is 6. The third kappa shape index (κ3) is 3.20. The molecule has 19 heavy (non-hydrogen) atoms. The molecule has 1 aliphatic carbocycles. The normalized spacial score (nSPS) is 14.4. The van der Waals surface area contributed by atoms with Gasteiger partial charge in [-0.15, -0.1) is 11.3 Å². The Bertz CT molecular complexity index is 536. The van der Waals surface area contributed by atoms with Gasteiger partial charge in [0.15, 0.2) is 0 Å². The molecule has 0 atom stereocenters. The summed E-state index contributed by atoms with van der Waals surface area (Å²) in [5, 5.41) is 9.63. The summed E-state index contributed by atoms with van der Waals surface area (Å²) >= 11 is 1.65. The predicted molar refractivity (Wildman–Crippen MR) is 77.6 cm³/mol. The van der Waals surface area contributed by atoms with Crippen LogP contribution in [0, 0.1) is 0 Å². The Labute approximate surface area is 116 Å². The van der Waals surface area contributed by atoms with Crippen LogP contribution >= 0.6 is 11.3 Å². The second-order valence-corrected chi connectivity index (χ2v) is 5.56. The van der Waals surface area contributed by atoms with Gasteiger partial charge in [0.05, 0.1) is 6.54 Å². The van der Waals surface area contributed by atoms with E-state index in [9.17, 15) is 0 Å². The molecule has 2 aromatic heterocycles. The molecular formula is C13H17N5S. The van der Waals surface area contributed by atoms with Crippen molar-refractivity contribution in [2.24, 2.45) is 0 Å². The summed E-state index contributed by atoms with van der Waals surface area (Å²) in [5.74, 6) is 3.29. The van der Waals surface area contributed by atoms with Crippen LogP contribution in [0.5, 0.6) is 0 Å². The summed E-state index contributed by atoms with van der Waals surface area (Å²) in [5.41, 5.74) is 0. The second kappa shape index (κ2) is 5.52. The van der Waals surface area contributed by atoms with Gasteiger partial charge in [0.1, 0.15) is 22.5 Å². The van der Waals surface area contributed by atoms with Crippen molar-refractivity contribution in [1.82, 2.24) is 15.0 Å². The summed E-state index contributed by atoms with van der Waals surface area (Å²) in [4.78, 5) is 13.4. The van der Waals surface area contributed by atoms with E-state index in [-0.39, 0.29) is 0 Å². The lowest BCUT2D eigenvalue weighted by Crippen LogP contribution is -2.07. The molecule has 2 N–H and O–H groups in total. The zero-order valence-corrected chi connectivity index (χ0v) is 11.7. The maximum Gasteiger partial charge on any atom is 0.136 e. The van der Waals surface area contributed by atoms with Crippen LogP contribution in [0.4, 0.5) is 11.6 Å². The highest BCUT2D eigenvalue weighted by Crippen LogP contribution is 2.38. The van der Waals surface area contributed by atoms with Crippen LogP contribution in [0.2, 0.25) is 0 Å². The minimum atomic E-state index is 0.555. The average Bonchev–Trinajstić information content (AvgIpc) is 3.14. The van der Waals surface area contributed by atoms with Crippen LogP contribution in [0.3, 0.4) is 0 Å². The van der Waals surface area contributed by atoms with E-state index < -0.39 is 0 Å². The quantitative estimate of drug-likeness (QED) is 0.848. The fourth-order valence-electron chi connectivity index (χ4n) is 1.86. The molecule has 0 aliphatic heterocycles. The highest BCUT2D eigenvalue weighted by atomic mass is 32.1. The Morgan fingerprint density at radius 3 is 2.68 bits per heavy atom. The number of anilines is 2. The number of aromatic nitrogens is 3. The maximum atomic E-state index is 4.59. The zero-order chi connectivity index (χ0) is 13.1. The van der Waals surface area contributed by atoms with E-state index in [1.807, 2.05) is 17.6 Å². The zero-order valence-electron chi connectivity index (χ0n) is 10.9. The fourth-order valence-corrected chi connectivity index (χ4v) is 2.41. The van der Waals surface area contributed by atoms with Gasteiger partial charge in [-0.2, -0.15) is 0 Å². The molecular weight excluding hydrogens is 258 g/mol. The molecule has 0 unspecified atom stereocenters. The molecule has 3 rings (SSSR count). The van der Waals surface area contributed by atoms with Crippen LogP contribution < -0.4 is 10.6 Å². The first-order valence-corrected chi connectivity index (χ1v) is 7.48. The minimum absolute atomic E-state index is 0.555. The first-order chi connectivity index (χ1) is 9.35. The lowest BCUT2D eigenvalue weighted by molar-refractivity contribution is 0.917. The van der Waals surface area contributed by atoms with Gasteiger partial charge in [-0.25, -0.2) is 15.0 Å². The molecule has 5 nitrogen and oxygen atoms in total. The van der Waals surface area contributed by atoms with Crippen LogP contribution in [-0.2, 0) is 6.54 Å². The minimum Gasteiger partial charge on any atom is -0.370 e. The van der Waals surface area contributed by atoms with Gasteiger partial charge in [0, 0.05) is 30.1 Å². The largest absolute Gasteiger partial charge is 0.370 e. The monoisotopic (exact) mass is 275 g/mol. The Morgan fingerprint density at radius 2 is 2.05 bits per heavy atom. The van der Waals surface area contributed by atoms with Gasteiger partial charge in [-0.1, -0.05) is 0 Å². The van der Waals surface area contributed by atoms with Gasteiger partial charge in [0.2, 0.25) is 0 Å². The lowest BCUT2D eigenvalue weighted by Gasteiger charge is -2.09. The van der Waals surface area contributed by atoms with Crippen LogP contribution in [0.1, 0.15) is 36.5 Å². The molecule has 0 bridgehead atoms. The lowest BCUT2D eigenvalue weighted by atomic mass is 10.3. The van der Waals surface area contributed by atoms with Gasteiger partial charge < -0.3 is 10.6 Å². The smallest absolute Gasteiger partial charge is 0.136 e. The summed E-state index contributed by atoms with van der Waals surface area (Å²) in [6, 6.07) is 1.96. The molecule has 6 heteroatoms. The Balaban J connectivity index is 1.74. The highest BCUT2D eigenvalue weighted by Gasteiger charge is 2.27. The van der Waals surface area contributed by atoms with E-state index in [0.717, 1.165) is 29.0 Å². The van der Waals surface area contributed by atoms with Gasteiger partial charge in [0.25, 0.3) is 0 Å². The summed E-state index contributed by atoms with van der Waals surface area (Å²) in [6.07, 6.45) is 4.24. The topological polar surface area (TPSA) is 62.7 Å². The molecule has 2 aromatic rings. The van der Waals surface area contributed by atoms with E-state index in [2.05, 4.69) is 32.5 Å². The number of hydrogen-bond donors (Lipinski definition) is 2. The molecule has 0 aromatic carbocycles. The Hall–Kier alpha value is -1.69. The SMILES string of the molecule is CCNc1cc(NCc2nccs2)nc(C2CC2)n1.